The van der Waals surface area contributed by atoms with Gasteiger partial charge in [0.1, 0.15) is 17.3 Å². The van der Waals surface area contributed by atoms with Crippen LogP contribution in [0.2, 0.25) is 0 Å². The van der Waals surface area contributed by atoms with Gasteiger partial charge in [0.2, 0.25) is 0 Å². The Bertz CT molecular complexity index is 823. The third kappa shape index (κ3) is 3.62. The van der Waals surface area contributed by atoms with Gasteiger partial charge in [0.15, 0.2) is 0 Å². The highest BCUT2D eigenvalue weighted by Crippen LogP contribution is 2.41. The number of hydrogen-bond acceptors (Lipinski definition) is 2. The largest absolute Gasteiger partial charge is 0.399 e. The first-order chi connectivity index (χ1) is 12.1. The van der Waals surface area contributed by atoms with Crippen molar-refractivity contribution < 1.29 is 13.2 Å². The summed E-state index contributed by atoms with van der Waals surface area (Å²) in [5.74, 6) is -1.29. The predicted molar refractivity (Wildman–Crippen MR) is 102 cm³/mol. The predicted octanol–water partition coefficient (Wildman–Crippen LogP) is 5.31. The van der Waals surface area contributed by atoms with Crippen molar-refractivity contribution in [3.05, 3.63) is 62.6 Å². The minimum atomic E-state index is -1.49. The maximum atomic E-state index is 14.8. The summed E-state index contributed by atoms with van der Waals surface area (Å²) in [6.07, 6.45) is 0.665. The Hall–Kier alpha value is -1.53. The lowest BCUT2D eigenvalue weighted by molar-refractivity contribution is 0.0972. The van der Waals surface area contributed by atoms with Crippen LogP contribution < -0.4 is 5.73 Å². The van der Waals surface area contributed by atoms with Crippen LogP contribution in [0.15, 0.2) is 28.7 Å². The minimum absolute atomic E-state index is 0.0532. The van der Waals surface area contributed by atoms with Gasteiger partial charge in [-0.3, -0.25) is 4.90 Å². The summed E-state index contributed by atoms with van der Waals surface area (Å²) < 4.78 is 44.2. The van der Waals surface area contributed by atoms with Crippen LogP contribution in [0.3, 0.4) is 0 Å². The fourth-order valence-electron chi connectivity index (χ4n) is 3.77. The average molecular weight is 427 g/mol. The van der Waals surface area contributed by atoms with E-state index in [1.165, 1.54) is 26.0 Å². The Kier molecular flexibility index (Phi) is 5.10. The van der Waals surface area contributed by atoms with E-state index >= 15 is 0 Å². The lowest BCUT2D eigenvalue weighted by Crippen LogP contribution is -2.43. The molecule has 0 saturated heterocycles. The molecule has 0 aliphatic carbocycles. The molecule has 6 heteroatoms. The highest BCUT2D eigenvalue weighted by molar-refractivity contribution is 9.10. The fraction of sp³-hybridized carbons (Fsp3) is 0.400. The van der Waals surface area contributed by atoms with Crippen molar-refractivity contribution in [2.45, 2.75) is 38.9 Å². The standard InChI is InChI=1S/C20H22BrF3N2/c1-11-13-6-7-26(10-20(2,3)24)19(14(13)4-5-17(11)25)18-15(22)8-12(21)9-16(18)23/h4-5,8-9,19H,6-7,10,25H2,1-3H3. The zero-order chi connectivity index (χ0) is 19.2. The lowest BCUT2D eigenvalue weighted by Gasteiger charge is -2.40. The van der Waals surface area contributed by atoms with Crippen molar-refractivity contribution in [2.24, 2.45) is 0 Å². The topological polar surface area (TPSA) is 29.3 Å². The van der Waals surface area contributed by atoms with Crippen molar-refractivity contribution in [3.63, 3.8) is 0 Å². The summed E-state index contributed by atoms with van der Waals surface area (Å²) in [5, 5.41) is 0. The maximum absolute atomic E-state index is 14.8. The molecule has 1 aliphatic rings. The first-order valence-corrected chi connectivity index (χ1v) is 9.33. The molecule has 0 amide bonds. The number of anilines is 1. The summed E-state index contributed by atoms with van der Waals surface area (Å²) in [4.78, 5) is 1.81. The molecule has 2 aromatic carbocycles. The molecule has 1 heterocycles. The van der Waals surface area contributed by atoms with Gasteiger partial charge in [0.05, 0.1) is 6.04 Å². The molecule has 2 N–H and O–H groups in total. The Balaban J connectivity index is 2.21. The van der Waals surface area contributed by atoms with Crippen LogP contribution in [0, 0.1) is 18.6 Å². The molecule has 0 saturated carbocycles. The van der Waals surface area contributed by atoms with Gasteiger partial charge in [-0.25, -0.2) is 13.2 Å². The van der Waals surface area contributed by atoms with E-state index in [4.69, 9.17) is 5.73 Å². The Labute approximate surface area is 160 Å². The SMILES string of the molecule is Cc1c(N)ccc2c1CCN(CC(C)(C)F)C2c1c(F)cc(Br)cc1F. The molecule has 1 unspecified atom stereocenters. The molecular formula is C20H22BrF3N2. The van der Waals surface area contributed by atoms with E-state index in [2.05, 4.69) is 15.9 Å². The Morgan fingerprint density at radius 3 is 2.42 bits per heavy atom. The number of nitrogens with zero attached hydrogens (tertiary/aromatic N) is 1. The van der Waals surface area contributed by atoms with E-state index in [0.29, 0.717) is 23.1 Å². The quantitative estimate of drug-likeness (QED) is 0.673. The second-order valence-electron chi connectivity index (χ2n) is 7.47. The molecule has 0 aromatic heterocycles. The van der Waals surface area contributed by atoms with E-state index in [1.54, 1.807) is 12.1 Å². The van der Waals surface area contributed by atoms with Gasteiger partial charge in [0, 0.05) is 28.8 Å². The van der Waals surface area contributed by atoms with Gasteiger partial charge in [-0.1, -0.05) is 22.0 Å². The molecule has 0 spiro atoms. The minimum Gasteiger partial charge on any atom is -0.399 e. The maximum Gasteiger partial charge on any atom is 0.132 e. The molecule has 0 radical (unpaired) electrons. The summed E-state index contributed by atoms with van der Waals surface area (Å²) in [5.41, 5.74) is 7.83. The van der Waals surface area contributed by atoms with Gasteiger partial charge in [-0.15, -0.1) is 0 Å². The van der Waals surface area contributed by atoms with E-state index in [-0.39, 0.29) is 12.1 Å². The van der Waals surface area contributed by atoms with Gasteiger partial charge in [0.25, 0.3) is 0 Å². The lowest BCUT2D eigenvalue weighted by atomic mass is 9.84. The molecule has 2 nitrogen and oxygen atoms in total. The normalized spacial score (nSPS) is 18.0. The van der Waals surface area contributed by atoms with Crippen LogP contribution >= 0.6 is 15.9 Å². The van der Waals surface area contributed by atoms with Crippen LogP contribution in [-0.4, -0.2) is 23.7 Å². The monoisotopic (exact) mass is 426 g/mol. The van der Waals surface area contributed by atoms with Crippen molar-refractivity contribution in [1.29, 1.82) is 0 Å². The van der Waals surface area contributed by atoms with Gasteiger partial charge < -0.3 is 5.73 Å². The first kappa shape index (κ1) is 19.2. The number of nitrogen functional groups attached to an aromatic ring is 1. The molecule has 26 heavy (non-hydrogen) atoms. The van der Waals surface area contributed by atoms with Crippen LogP contribution in [0.25, 0.3) is 0 Å². The third-order valence-corrected chi connectivity index (χ3v) is 5.34. The number of halogens is 4. The van der Waals surface area contributed by atoms with Crippen LogP contribution in [0.1, 0.15) is 42.1 Å². The number of rotatable bonds is 3. The highest BCUT2D eigenvalue weighted by Gasteiger charge is 2.36. The number of fused-ring (bicyclic) bond motifs is 1. The molecule has 1 aliphatic heterocycles. The Morgan fingerprint density at radius 2 is 1.85 bits per heavy atom. The summed E-state index contributed by atoms with van der Waals surface area (Å²) in [6, 6.07) is 5.35. The fourth-order valence-corrected chi connectivity index (χ4v) is 4.17. The van der Waals surface area contributed by atoms with Crippen LogP contribution in [0.5, 0.6) is 0 Å². The van der Waals surface area contributed by atoms with E-state index in [9.17, 15) is 13.2 Å². The molecular weight excluding hydrogens is 405 g/mol. The van der Waals surface area contributed by atoms with Gasteiger partial charge in [-0.2, -0.15) is 0 Å². The van der Waals surface area contributed by atoms with Crippen molar-refractivity contribution in [3.8, 4) is 0 Å². The molecule has 1 atom stereocenters. The smallest absolute Gasteiger partial charge is 0.132 e. The molecule has 3 rings (SSSR count). The molecule has 0 fully saturated rings. The van der Waals surface area contributed by atoms with Gasteiger partial charge >= 0.3 is 0 Å². The number of alkyl halides is 1. The van der Waals surface area contributed by atoms with Gasteiger partial charge in [-0.05, 0) is 62.1 Å². The van der Waals surface area contributed by atoms with E-state index < -0.39 is 23.3 Å². The summed E-state index contributed by atoms with van der Waals surface area (Å²) >= 11 is 3.12. The molecule has 2 aromatic rings. The van der Waals surface area contributed by atoms with Crippen molar-refractivity contribution in [1.82, 2.24) is 4.90 Å². The first-order valence-electron chi connectivity index (χ1n) is 8.54. The van der Waals surface area contributed by atoms with E-state index in [1.807, 2.05) is 11.8 Å². The van der Waals surface area contributed by atoms with E-state index in [0.717, 1.165) is 16.7 Å². The highest BCUT2D eigenvalue weighted by atomic mass is 79.9. The van der Waals surface area contributed by atoms with Crippen molar-refractivity contribution >= 4 is 21.6 Å². The zero-order valence-electron chi connectivity index (χ0n) is 15.0. The summed E-state index contributed by atoms with van der Waals surface area (Å²) in [7, 11) is 0. The van der Waals surface area contributed by atoms with Crippen molar-refractivity contribution in [2.75, 3.05) is 18.8 Å². The Morgan fingerprint density at radius 1 is 1.23 bits per heavy atom. The number of benzene rings is 2. The van der Waals surface area contributed by atoms with Crippen LogP contribution in [0.4, 0.5) is 18.9 Å². The second-order valence-corrected chi connectivity index (χ2v) is 8.39. The number of nitrogens with two attached hydrogens (primary N) is 1. The summed E-state index contributed by atoms with van der Waals surface area (Å²) in [6.45, 7) is 5.44. The average Bonchev–Trinajstić information content (AvgIpc) is 2.50. The van der Waals surface area contributed by atoms with Crippen LogP contribution in [-0.2, 0) is 6.42 Å². The second kappa shape index (κ2) is 6.89. The third-order valence-electron chi connectivity index (χ3n) is 4.88. The zero-order valence-corrected chi connectivity index (χ0v) is 16.6. The molecule has 0 bridgehead atoms. The molecule has 140 valence electrons. The number of hydrogen-bond donors (Lipinski definition) is 1.